The molecular weight excluding hydrogens is 256 g/mol. The van der Waals surface area contributed by atoms with Crippen LogP contribution in [-0.4, -0.2) is 24.3 Å². The van der Waals surface area contributed by atoms with Gasteiger partial charge in [0.25, 0.3) is 5.91 Å². The third-order valence-corrected chi connectivity index (χ3v) is 2.62. The van der Waals surface area contributed by atoms with Crippen molar-refractivity contribution in [3.63, 3.8) is 0 Å². The first kappa shape index (κ1) is 13.6. The van der Waals surface area contributed by atoms with Crippen LogP contribution < -0.4 is 10.2 Å². The number of carbonyl (C=O) groups is 1. The van der Waals surface area contributed by atoms with Gasteiger partial charge in [-0.3, -0.25) is 4.79 Å². The highest BCUT2D eigenvalue weighted by Crippen LogP contribution is 2.14. The number of benzene rings is 2. The van der Waals surface area contributed by atoms with E-state index >= 15 is 0 Å². The number of hydrogen-bond donors (Lipinski definition) is 2. The monoisotopic (exact) mass is 270 g/mol. The van der Waals surface area contributed by atoms with Crippen molar-refractivity contribution in [1.29, 1.82) is 0 Å². The number of nitrogens with zero attached hydrogens (tertiary/aromatic N) is 1. The van der Waals surface area contributed by atoms with Crippen LogP contribution in [0.25, 0.3) is 0 Å². The zero-order valence-electron chi connectivity index (χ0n) is 10.9. The van der Waals surface area contributed by atoms with E-state index in [9.17, 15) is 9.90 Å². The number of methoxy groups -OCH3 is 1. The van der Waals surface area contributed by atoms with Gasteiger partial charge in [-0.15, -0.1) is 0 Å². The molecular formula is C15H14N2O3. The van der Waals surface area contributed by atoms with Gasteiger partial charge in [-0.2, -0.15) is 5.10 Å². The number of phenolic OH excluding ortho intramolecular Hbond substituents is 1. The third-order valence-electron chi connectivity index (χ3n) is 2.62. The molecule has 102 valence electrons. The van der Waals surface area contributed by atoms with Crippen molar-refractivity contribution in [3.8, 4) is 11.5 Å². The molecule has 0 aromatic heterocycles. The molecule has 0 unspecified atom stereocenters. The first-order valence-corrected chi connectivity index (χ1v) is 5.96. The van der Waals surface area contributed by atoms with Gasteiger partial charge in [0, 0.05) is 11.1 Å². The fraction of sp³-hybridized carbons (Fsp3) is 0.0667. The van der Waals surface area contributed by atoms with Gasteiger partial charge < -0.3 is 9.84 Å². The van der Waals surface area contributed by atoms with E-state index in [1.54, 1.807) is 25.3 Å². The van der Waals surface area contributed by atoms with E-state index in [0.29, 0.717) is 11.3 Å². The van der Waals surface area contributed by atoms with E-state index < -0.39 is 5.91 Å². The Morgan fingerprint density at radius 2 is 2.05 bits per heavy atom. The molecule has 0 saturated carbocycles. The van der Waals surface area contributed by atoms with Gasteiger partial charge >= 0.3 is 0 Å². The van der Waals surface area contributed by atoms with E-state index in [1.165, 1.54) is 18.3 Å². The summed E-state index contributed by atoms with van der Waals surface area (Å²) >= 11 is 0. The minimum absolute atomic E-state index is 0.0337. The van der Waals surface area contributed by atoms with Gasteiger partial charge in [0.2, 0.25) is 0 Å². The SMILES string of the molecule is COc1ccccc1C=NNC(=O)c1cccc(O)c1. The zero-order valence-corrected chi connectivity index (χ0v) is 10.9. The van der Waals surface area contributed by atoms with Crippen LogP contribution in [-0.2, 0) is 0 Å². The highest BCUT2D eigenvalue weighted by Gasteiger charge is 2.04. The summed E-state index contributed by atoms with van der Waals surface area (Å²) in [5.74, 6) is 0.307. The maximum absolute atomic E-state index is 11.8. The highest BCUT2D eigenvalue weighted by atomic mass is 16.5. The molecule has 0 spiro atoms. The molecule has 1 amide bonds. The lowest BCUT2D eigenvalue weighted by molar-refractivity contribution is 0.0954. The molecule has 0 aliphatic rings. The summed E-state index contributed by atoms with van der Waals surface area (Å²) in [5.41, 5.74) is 3.48. The number of phenols is 1. The molecule has 2 aromatic carbocycles. The highest BCUT2D eigenvalue weighted by molar-refractivity contribution is 5.95. The first-order chi connectivity index (χ1) is 9.70. The van der Waals surface area contributed by atoms with Crippen LogP contribution >= 0.6 is 0 Å². The van der Waals surface area contributed by atoms with Crippen LogP contribution in [0.2, 0.25) is 0 Å². The normalized spacial score (nSPS) is 10.4. The van der Waals surface area contributed by atoms with Gasteiger partial charge in [0.15, 0.2) is 0 Å². The van der Waals surface area contributed by atoms with Crippen molar-refractivity contribution in [2.75, 3.05) is 7.11 Å². The summed E-state index contributed by atoms with van der Waals surface area (Å²) in [6.45, 7) is 0. The molecule has 0 bridgehead atoms. The predicted octanol–water partition coefficient (Wildman–Crippen LogP) is 2.16. The van der Waals surface area contributed by atoms with Gasteiger partial charge in [-0.25, -0.2) is 5.43 Å². The molecule has 0 atom stereocenters. The van der Waals surface area contributed by atoms with Crippen LogP contribution in [0.15, 0.2) is 53.6 Å². The number of carbonyl (C=O) groups excluding carboxylic acids is 1. The number of nitrogens with one attached hydrogen (secondary N) is 1. The van der Waals surface area contributed by atoms with E-state index in [-0.39, 0.29) is 5.75 Å². The summed E-state index contributed by atoms with van der Waals surface area (Å²) in [6.07, 6.45) is 1.50. The van der Waals surface area contributed by atoms with Gasteiger partial charge in [0.05, 0.1) is 13.3 Å². The Hall–Kier alpha value is -2.82. The van der Waals surface area contributed by atoms with Crippen molar-refractivity contribution >= 4 is 12.1 Å². The summed E-state index contributed by atoms with van der Waals surface area (Å²) in [7, 11) is 1.57. The number of para-hydroxylation sites is 1. The summed E-state index contributed by atoms with van der Waals surface area (Å²) in [5, 5.41) is 13.2. The Bertz CT molecular complexity index is 639. The Balaban J connectivity index is 2.05. The average molecular weight is 270 g/mol. The molecule has 0 aliphatic carbocycles. The lowest BCUT2D eigenvalue weighted by Gasteiger charge is -2.03. The lowest BCUT2D eigenvalue weighted by Crippen LogP contribution is -2.17. The van der Waals surface area contributed by atoms with Crippen molar-refractivity contribution < 1.29 is 14.6 Å². The smallest absolute Gasteiger partial charge is 0.271 e. The van der Waals surface area contributed by atoms with Crippen LogP contribution in [0.5, 0.6) is 11.5 Å². The van der Waals surface area contributed by atoms with Gasteiger partial charge in [-0.05, 0) is 30.3 Å². The predicted molar refractivity (Wildman–Crippen MR) is 76.2 cm³/mol. The minimum atomic E-state index is -0.396. The second-order valence-electron chi connectivity index (χ2n) is 3.99. The molecule has 2 rings (SSSR count). The first-order valence-electron chi connectivity index (χ1n) is 5.96. The Kier molecular flexibility index (Phi) is 4.34. The number of rotatable bonds is 4. The van der Waals surface area contributed by atoms with E-state index in [1.807, 2.05) is 18.2 Å². The number of aromatic hydroxyl groups is 1. The fourth-order valence-corrected chi connectivity index (χ4v) is 1.65. The molecule has 0 saturated heterocycles. The van der Waals surface area contributed by atoms with Crippen molar-refractivity contribution in [3.05, 3.63) is 59.7 Å². The minimum Gasteiger partial charge on any atom is -0.508 e. The Labute approximate surface area is 116 Å². The van der Waals surface area contributed by atoms with Crippen LogP contribution in [0, 0.1) is 0 Å². The standard InChI is InChI=1S/C15H14N2O3/c1-20-14-8-3-2-5-12(14)10-16-17-15(19)11-6-4-7-13(18)9-11/h2-10,18H,1H3,(H,17,19). The third kappa shape index (κ3) is 3.35. The van der Waals surface area contributed by atoms with E-state index in [0.717, 1.165) is 5.56 Å². The lowest BCUT2D eigenvalue weighted by atomic mass is 10.2. The fourth-order valence-electron chi connectivity index (χ4n) is 1.65. The van der Waals surface area contributed by atoms with Crippen LogP contribution in [0.1, 0.15) is 15.9 Å². The zero-order chi connectivity index (χ0) is 14.4. The summed E-state index contributed by atoms with van der Waals surface area (Å²) in [4.78, 5) is 11.8. The molecule has 5 heteroatoms. The molecule has 0 radical (unpaired) electrons. The maximum Gasteiger partial charge on any atom is 0.271 e. The van der Waals surface area contributed by atoms with Crippen molar-refractivity contribution in [2.45, 2.75) is 0 Å². The molecule has 20 heavy (non-hydrogen) atoms. The molecule has 5 nitrogen and oxygen atoms in total. The largest absolute Gasteiger partial charge is 0.508 e. The second-order valence-corrected chi connectivity index (χ2v) is 3.99. The Morgan fingerprint density at radius 1 is 1.25 bits per heavy atom. The van der Waals surface area contributed by atoms with Gasteiger partial charge in [-0.1, -0.05) is 18.2 Å². The van der Waals surface area contributed by atoms with Crippen LogP contribution in [0.3, 0.4) is 0 Å². The molecule has 0 heterocycles. The van der Waals surface area contributed by atoms with E-state index in [2.05, 4.69) is 10.5 Å². The molecule has 0 aliphatic heterocycles. The number of hydrogen-bond acceptors (Lipinski definition) is 4. The number of amides is 1. The second kappa shape index (κ2) is 6.38. The Morgan fingerprint density at radius 3 is 2.80 bits per heavy atom. The number of hydrazone groups is 1. The molecule has 2 N–H and O–H groups in total. The molecule has 0 fully saturated rings. The quantitative estimate of drug-likeness (QED) is 0.660. The van der Waals surface area contributed by atoms with Gasteiger partial charge in [0.1, 0.15) is 11.5 Å². The summed E-state index contributed by atoms with van der Waals surface area (Å²) in [6, 6.07) is 13.4. The topological polar surface area (TPSA) is 70.9 Å². The van der Waals surface area contributed by atoms with Crippen molar-refractivity contribution in [1.82, 2.24) is 5.43 Å². The maximum atomic E-state index is 11.8. The van der Waals surface area contributed by atoms with Crippen LogP contribution in [0.4, 0.5) is 0 Å². The average Bonchev–Trinajstić information content (AvgIpc) is 2.47. The van der Waals surface area contributed by atoms with E-state index in [4.69, 9.17) is 4.74 Å². The molecule has 2 aromatic rings. The van der Waals surface area contributed by atoms with Crippen molar-refractivity contribution in [2.24, 2.45) is 5.10 Å². The summed E-state index contributed by atoms with van der Waals surface area (Å²) < 4.78 is 5.17. The number of ether oxygens (including phenoxy) is 1.